The van der Waals surface area contributed by atoms with Crippen LogP contribution in [-0.4, -0.2) is 78.9 Å². The fourth-order valence-electron chi connectivity index (χ4n) is 5.20. The normalized spacial score (nSPS) is 24.3. The first-order valence-corrected chi connectivity index (χ1v) is 11.2. The number of rotatable bonds is 4. The molecule has 10 heteroatoms. The second-order valence-corrected chi connectivity index (χ2v) is 9.13. The zero-order valence-corrected chi connectivity index (χ0v) is 17.7. The Hall–Kier alpha value is -3.19. The van der Waals surface area contributed by atoms with E-state index in [4.69, 9.17) is 5.26 Å². The van der Waals surface area contributed by atoms with Crippen LogP contribution in [0.5, 0.6) is 0 Å². The molecule has 1 unspecified atom stereocenters. The van der Waals surface area contributed by atoms with E-state index in [-0.39, 0.29) is 25.5 Å². The molecule has 4 aliphatic rings. The van der Waals surface area contributed by atoms with Crippen LogP contribution in [0.3, 0.4) is 0 Å². The summed E-state index contributed by atoms with van der Waals surface area (Å²) in [4.78, 5) is 55.1. The third-order valence-electron chi connectivity index (χ3n) is 7.10. The first kappa shape index (κ1) is 20.7. The minimum atomic E-state index is -0.945. The van der Waals surface area contributed by atoms with Crippen molar-refractivity contribution in [1.82, 2.24) is 15.1 Å². The van der Waals surface area contributed by atoms with Gasteiger partial charge in [0.2, 0.25) is 11.8 Å². The lowest BCUT2D eigenvalue weighted by Gasteiger charge is -2.40. The van der Waals surface area contributed by atoms with Crippen molar-refractivity contribution in [3.05, 3.63) is 29.3 Å². The minimum absolute atomic E-state index is 0.108. The van der Waals surface area contributed by atoms with E-state index >= 15 is 0 Å². The Morgan fingerprint density at radius 1 is 1.03 bits per heavy atom. The highest BCUT2D eigenvalue weighted by molar-refractivity contribution is 6.69. The Balaban J connectivity index is 1.24. The van der Waals surface area contributed by atoms with E-state index in [1.807, 2.05) is 6.07 Å². The van der Waals surface area contributed by atoms with Crippen LogP contribution in [0.25, 0.3) is 0 Å². The molecule has 0 aromatic heterocycles. The van der Waals surface area contributed by atoms with Crippen molar-refractivity contribution in [1.29, 1.82) is 5.26 Å². The van der Waals surface area contributed by atoms with Crippen LogP contribution >= 0.6 is 0 Å². The number of imide groups is 2. The highest BCUT2D eigenvalue weighted by Gasteiger charge is 2.44. The number of piperidine rings is 1. The topological polar surface area (TPSA) is 114 Å². The number of hydrogen-bond donors (Lipinski definition) is 1. The molecule has 0 aliphatic carbocycles. The maximum Gasteiger partial charge on any atom is 0.268 e. The third-order valence-corrected chi connectivity index (χ3v) is 7.10. The molecule has 4 amide bonds. The second-order valence-electron chi connectivity index (χ2n) is 9.13. The van der Waals surface area contributed by atoms with Gasteiger partial charge in [-0.3, -0.25) is 34.3 Å². The molecule has 164 valence electrons. The number of anilines is 1. The van der Waals surface area contributed by atoms with E-state index in [0.717, 1.165) is 56.0 Å². The van der Waals surface area contributed by atoms with Gasteiger partial charge in [0.25, 0.3) is 18.5 Å². The molecule has 0 bridgehead atoms. The predicted molar refractivity (Wildman–Crippen MR) is 116 cm³/mol. The van der Waals surface area contributed by atoms with Gasteiger partial charge in [0.1, 0.15) is 6.04 Å². The van der Waals surface area contributed by atoms with E-state index in [9.17, 15) is 19.2 Å². The monoisotopic (exact) mass is 433 g/mol. The molecule has 1 aromatic rings. The van der Waals surface area contributed by atoms with Gasteiger partial charge in [-0.1, -0.05) is 12.6 Å². The predicted octanol–water partition coefficient (Wildman–Crippen LogP) is 0.397. The van der Waals surface area contributed by atoms with Gasteiger partial charge >= 0.3 is 0 Å². The van der Waals surface area contributed by atoms with Crippen LogP contribution in [0, 0.1) is 17.1 Å². The standard InChI is InChI=1S/C22H24BN5O4/c24-13-23-10-14(11-23)12-26-5-7-27(8-6-26)15-1-2-16-17(9-15)22(32)28(21(16)31)18-3-4-19(29)25-20(18)30/h1-2,9,14,18H,3-8,10-12H2,(H,25,29,30). The molecule has 4 aliphatic heterocycles. The van der Waals surface area contributed by atoms with E-state index in [1.54, 1.807) is 12.1 Å². The molecule has 1 aromatic carbocycles. The van der Waals surface area contributed by atoms with Crippen molar-refractivity contribution in [3.63, 3.8) is 0 Å². The molecule has 0 saturated carbocycles. The fourth-order valence-corrected chi connectivity index (χ4v) is 5.20. The first-order chi connectivity index (χ1) is 15.4. The molecule has 0 spiro atoms. The summed E-state index contributed by atoms with van der Waals surface area (Å²) in [6.45, 7) is 4.75. The molecule has 32 heavy (non-hydrogen) atoms. The molecule has 5 rings (SSSR count). The van der Waals surface area contributed by atoms with E-state index in [0.29, 0.717) is 17.0 Å². The lowest BCUT2D eigenvalue weighted by molar-refractivity contribution is -0.136. The summed E-state index contributed by atoms with van der Waals surface area (Å²) in [6.07, 6.45) is 2.27. The zero-order chi connectivity index (χ0) is 22.4. The highest BCUT2D eigenvalue weighted by Crippen LogP contribution is 2.32. The Morgan fingerprint density at radius 3 is 2.44 bits per heavy atom. The fraction of sp³-hybridized carbons (Fsp3) is 0.500. The molecule has 3 saturated heterocycles. The number of nitriles is 1. The number of carbonyl (C=O) groups is 4. The Morgan fingerprint density at radius 2 is 1.75 bits per heavy atom. The van der Waals surface area contributed by atoms with Crippen molar-refractivity contribution < 1.29 is 19.2 Å². The van der Waals surface area contributed by atoms with Crippen molar-refractivity contribution in [2.24, 2.45) is 5.92 Å². The summed E-state index contributed by atoms with van der Waals surface area (Å²) in [6, 6.07) is 4.33. The molecule has 1 atom stereocenters. The molecule has 1 N–H and O–H groups in total. The maximum absolute atomic E-state index is 13.0. The summed E-state index contributed by atoms with van der Waals surface area (Å²) < 4.78 is 0. The Bertz CT molecular complexity index is 1040. The zero-order valence-electron chi connectivity index (χ0n) is 17.7. The van der Waals surface area contributed by atoms with Crippen LogP contribution in [0.2, 0.25) is 12.6 Å². The number of piperazine rings is 1. The molecular weight excluding hydrogens is 409 g/mol. The average molecular weight is 433 g/mol. The SMILES string of the molecule is N#CB1CC(CN2CCN(c3ccc4c(c3)C(=O)N(C3CCC(=O)NC3=O)C4=O)CC2)C1. The van der Waals surface area contributed by atoms with Crippen LogP contribution in [0.1, 0.15) is 33.6 Å². The third kappa shape index (κ3) is 3.56. The molecular formula is C22H24BN5O4. The maximum atomic E-state index is 13.0. The quantitative estimate of drug-likeness (QED) is 0.540. The first-order valence-electron chi connectivity index (χ1n) is 11.2. The van der Waals surface area contributed by atoms with Gasteiger partial charge < -0.3 is 4.90 Å². The Labute approximate surface area is 186 Å². The molecule has 0 radical (unpaired) electrons. The highest BCUT2D eigenvalue weighted by atomic mass is 16.2. The number of hydrogen-bond acceptors (Lipinski definition) is 7. The van der Waals surface area contributed by atoms with Crippen molar-refractivity contribution in [2.45, 2.75) is 31.5 Å². The van der Waals surface area contributed by atoms with Crippen LogP contribution in [0.15, 0.2) is 18.2 Å². The van der Waals surface area contributed by atoms with Crippen LogP contribution in [0.4, 0.5) is 5.69 Å². The van der Waals surface area contributed by atoms with E-state index in [2.05, 4.69) is 21.1 Å². The molecule has 4 heterocycles. The van der Waals surface area contributed by atoms with Crippen LogP contribution in [-0.2, 0) is 9.59 Å². The number of carbonyl (C=O) groups excluding carboxylic acids is 4. The summed E-state index contributed by atoms with van der Waals surface area (Å²) in [7, 11) is 0. The molecule has 9 nitrogen and oxygen atoms in total. The smallest absolute Gasteiger partial charge is 0.268 e. The second kappa shape index (κ2) is 8.06. The number of benzene rings is 1. The van der Waals surface area contributed by atoms with Crippen molar-refractivity contribution >= 4 is 36.0 Å². The lowest BCUT2D eigenvalue weighted by atomic mass is 9.32. The molecule has 3 fully saturated rings. The largest absolute Gasteiger partial charge is 0.369 e. The van der Waals surface area contributed by atoms with Gasteiger partial charge in [-0.2, -0.15) is 0 Å². The van der Waals surface area contributed by atoms with Gasteiger partial charge in [-0.15, -0.1) is 0 Å². The Kier molecular flexibility index (Phi) is 5.21. The summed E-state index contributed by atoms with van der Waals surface area (Å²) in [5, 5.41) is 11.2. The summed E-state index contributed by atoms with van der Waals surface area (Å²) in [5.74, 6) is 1.02. The summed E-state index contributed by atoms with van der Waals surface area (Å²) >= 11 is 0. The van der Waals surface area contributed by atoms with Crippen LogP contribution < -0.4 is 10.2 Å². The average Bonchev–Trinajstić information content (AvgIpc) is 3.01. The van der Waals surface area contributed by atoms with E-state index < -0.39 is 23.8 Å². The lowest BCUT2D eigenvalue weighted by Crippen LogP contribution is -2.54. The minimum Gasteiger partial charge on any atom is -0.369 e. The van der Waals surface area contributed by atoms with Gasteiger partial charge in [0, 0.05) is 44.3 Å². The number of nitrogens with one attached hydrogen (secondary N) is 1. The number of amides is 4. The number of fused-ring (bicyclic) bond motifs is 1. The van der Waals surface area contributed by atoms with Gasteiger partial charge in [-0.25, -0.2) is 5.26 Å². The van der Waals surface area contributed by atoms with E-state index in [1.165, 1.54) is 0 Å². The van der Waals surface area contributed by atoms with Crippen molar-refractivity contribution in [3.8, 4) is 5.97 Å². The van der Waals surface area contributed by atoms with Gasteiger partial charge in [0.05, 0.1) is 11.1 Å². The van der Waals surface area contributed by atoms with Gasteiger partial charge in [-0.05, 0) is 37.1 Å². The van der Waals surface area contributed by atoms with Gasteiger partial charge in [0.15, 0.2) is 0 Å². The number of nitrogens with zero attached hydrogens (tertiary/aromatic N) is 4. The summed E-state index contributed by atoms with van der Waals surface area (Å²) in [5.41, 5.74) is 1.51. The van der Waals surface area contributed by atoms with Crippen molar-refractivity contribution in [2.75, 3.05) is 37.6 Å².